The van der Waals surface area contributed by atoms with Crippen LogP contribution in [0.4, 0.5) is 5.69 Å². The van der Waals surface area contributed by atoms with Crippen LogP contribution in [0.15, 0.2) is 53.3 Å². The van der Waals surface area contributed by atoms with Gasteiger partial charge in [-0.1, -0.05) is 15.9 Å². The predicted octanol–water partition coefficient (Wildman–Crippen LogP) is 4.01. The highest BCUT2D eigenvalue weighted by atomic mass is 79.9. The lowest BCUT2D eigenvalue weighted by Crippen LogP contribution is -2.01. The monoisotopic (exact) mass is 343 g/mol. The molecule has 106 valence electrons. The number of methoxy groups -OCH3 is 1. The second kappa shape index (κ2) is 6.10. The second-order valence-corrected chi connectivity index (χ2v) is 5.43. The maximum Gasteiger partial charge on any atom is 0.119 e. The SMILES string of the molecule is COc1ccc(Br)c(CNc2ccc3nccnc3c2)c1. The first kappa shape index (κ1) is 13.8. The number of nitrogens with one attached hydrogen (secondary N) is 1. The Morgan fingerprint density at radius 1 is 1.05 bits per heavy atom. The average Bonchev–Trinajstić information content (AvgIpc) is 2.54. The number of fused-ring (bicyclic) bond motifs is 1. The minimum Gasteiger partial charge on any atom is -0.497 e. The molecule has 1 aromatic heterocycles. The molecule has 2 aromatic carbocycles. The first-order valence-corrected chi connectivity index (χ1v) is 7.32. The first-order chi connectivity index (χ1) is 10.3. The van der Waals surface area contributed by atoms with Gasteiger partial charge in [-0.15, -0.1) is 0 Å². The summed E-state index contributed by atoms with van der Waals surface area (Å²) in [6.45, 7) is 0.698. The van der Waals surface area contributed by atoms with Crippen LogP contribution < -0.4 is 10.1 Å². The fraction of sp³-hybridized carbons (Fsp3) is 0.125. The normalized spacial score (nSPS) is 10.6. The van der Waals surface area contributed by atoms with Gasteiger partial charge in [0.1, 0.15) is 5.75 Å². The highest BCUT2D eigenvalue weighted by molar-refractivity contribution is 9.10. The van der Waals surface area contributed by atoms with Crippen molar-refractivity contribution in [3.8, 4) is 5.75 Å². The standard InChI is InChI=1S/C16H14BrN3O/c1-21-13-3-4-14(17)11(8-13)10-20-12-2-5-15-16(9-12)19-7-6-18-15/h2-9,20H,10H2,1H3. The van der Waals surface area contributed by atoms with Gasteiger partial charge in [0.05, 0.1) is 18.1 Å². The first-order valence-electron chi connectivity index (χ1n) is 6.53. The Morgan fingerprint density at radius 3 is 2.67 bits per heavy atom. The lowest BCUT2D eigenvalue weighted by atomic mass is 10.2. The fourth-order valence-corrected chi connectivity index (χ4v) is 2.47. The third-order valence-electron chi connectivity index (χ3n) is 3.21. The molecule has 5 heteroatoms. The number of hydrogen-bond donors (Lipinski definition) is 1. The molecule has 0 saturated heterocycles. The van der Waals surface area contributed by atoms with E-state index in [1.165, 1.54) is 0 Å². The van der Waals surface area contributed by atoms with Gasteiger partial charge in [-0.05, 0) is 42.0 Å². The molecular formula is C16H14BrN3O. The van der Waals surface area contributed by atoms with Crippen LogP contribution in [0.3, 0.4) is 0 Å². The molecule has 1 heterocycles. The van der Waals surface area contributed by atoms with Crippen LogP contribution in [0, 0.1) is 0 Å². The summed E-state index contributed by atoms with van der Waals surface area (Å²) in [6, 6.07) is 11.9. The number of halogens is 1. The van der Waals surface area contributed by atoms with Crippen LogP contribution in [-0.4, -0.2) is 17.1 Å². The summed E-state index contributed by atoms with van der Waals surface area (Å²) in [4.78, 5) is 8.57. The van der Waals surface area contributed by atoms with Crippen LogP contribution in [-0.2, 0) is 6.54 Å². The number of anilines is 1. The van der Waals surface area contributed by atoms with Gasteiger partial charge in [0, 0.05) is 29.1 Å². The number of ether oxygens (including phenoxy) is 1. The van der Waals surface area contributed by atoms with E-state index in [9.17, 15) is 0 Å². The Labute approximate surface area is 131 Å². The molecule has 0 aliphatic heterocycles. The molecule has 0 aliphatic rings. The average molecular weight is 344 g/mol. The van der Waals surface area contributed by atoms with Gasteiger partial charge in [-0.2, -0.15) is 0 Å². The van der Waals surface area contributed by atoms with E-state index >= 15 is 0 Å². The molecule has 0 atom stereocenters. The molecule has 3 aromatic rings. The van der Waals surface area contributed by atoms with E-state index in [1.807, 2.05) is 36.4 Å². The summed E-state index contributed by atoms with van der Waals surface area (Å²) in [7, 11) is 1.67. The largest absolute Gasteiger partial charge is 0.497 e. The lowest BCUT2D eigenvalue weighted by Gasteiger charge is -2.10. The third-order valence-corrected chi connectivity index (χ3v) is 3.98. The molecule has 3 rings (SSSR count). The minimum atomic E-state index is 0.698. The van der Waals surface area contributed by atoms with Gasteiger partial charge >= 0.3 is 0 Å². The van der Waals surface area contributed by atoms with Crippen molar-refractivity contribution >= 4 is 32.7 Å². The zero-order valence-electron chi connectivity index (χ0n) is 11.5. The van der Waals surface area contributed by atoms with Crippen molar-refractivity contribution < 1.29 is 4.74 Å². The van der Waals surface area contributed by atoms with Crippen LogP contribution in [0.1, 0.15) is 5.56 Å². The van der Waals surface area contributed by atoms with Crippen LogP contribution in [0.2, 0.25) is 0 Å². The summed E-state index contributed by atoms with van der Waals surface area (Å²) in [5, 5.41) is 3.39. The number of hydrogen-bond acceptors (Lipinski definition) is 4. The molecular weight excluding hydrogens is 330 g/mol. The summed E-state index contributed by atoms with van der Waals surface area (Å²) in [5.41, 5.74) is 3.92. The zero-order chi connectivity index (χ0) is 14.7. The van der Waals surface area contributed by atoms with Gasteiger partial charge in [0.25, 0.3) is 0 Å². The van der Waals surface area contributed by atoms with Crippen LogP contribution in [0.5, 0.6) is 5.75 Å². The van der Waals surface area contributed by atoms with E-state index in [4.69, 9.17) is 4.74 Å². The highest BCUT2D eigenvalue weighted by Crippen LogP contribution is 2.24. The summed E-state index contributed by atoms with van der Waals surface area (Å²) < 4.78 is 6.30. The van der Waals surface area contributed by atoms with E-state index in [2.05, 4.69) is 31.2 Å². The number of nitrogens with zero attached hydrogens (tertiary/aromatic N) is 2. The van der Waals surface area contributed by atoms with E-state index in [1.54, 1.807) is 19.5 Å². The highest BCUT2D eigenvalue weighted by Gasteiger charge is 2.03. The van der Waals surface area contributed by atoms with Crippen molar-refractivity contribution in [1.29, 1.82) is 0 Å². The van der Waals surface area contributed by atoms with E-state index in [0.29, 0.717) is 6.54 Å². The Kier molecular flexibility index (Phi) is 4.01. The summed E-state index contributed by atoms with van der Waals surface area (Å²) in [5.74, 6) is 0.847. The molecule has 4 nitrogen and oxygen atoms in total. The maximum absolute atomic E-state index is 5.25. The van der Waals surface area contributed by atoms with Gasteiger partial charge < -0.3 is 10.1 Å². The van der Waals surface area contributed by atoms with Gasteiger partial charge in [0.15, 0.2) is 0 Å². The molecule has 0 fully saturated rings. The summed E-state index contributed by atoms with van der Waals surface area (Å²) in [6.07, 6.45) is 3.40. The van der Waals surface area contributed by atoms with Crippen molar-refractivity contribution in [3.63, 3.8) is 0 Å². The topological polar surface area (TPSA) is 47.0 Å². The van der Waals surface area contributed by atoms with E-state index in [-0.39, 0.29) is 0 Å². The molecule has 0 amide bonds. The lowest BCUT2D eigenvalue weighted by molar-refractivity contribution is 0.414. The molecule has 0 radical (unpaired) electrons. The van der Waals surface area contributed by atoms with Crippen LogP contribution >= 0.6 is 15.9 Å². The molecule has 0 bridgehead atoms. The number of benzene rings is 2. The second-order valence-electron chi connectivity index (χ2n) is 4.57. The number of rotatable bonds is 4. The zero-order valence-corrected chi connectivity index (χ0v) is 13.1. The smallest absolute Gasteiger partial charge is 0.119 e. The third kappa shape index (κ3) is 3.13. The maximum atomic E-state index is 5.25. The van der Waals surface area contributed by atoms with E-state index in [0.717, 1.165) is 32.5 Å². The molecule has 0 spiro atoms. The molecule has 0 saturated carbocycles. The van der Waals surface area contributed by atoms with Gasteiger partial charge in [-0.25, -0.2) is 0 Å². The van der Waals surface area contributed by atoms with Gasteiger partial charge in [0.2, 0.25) is 0 Å². The number of aromatic nitrogens is 2. The Hall–Kier alpha value is -2.14. The Morgan fingerprint density at radius 2 is 1.86 bits per heavy atom. The van der Waals surface area contributed by atoms with Crippen molar-refractivity contribution in [2.45, 2.75) is 6.54 Å². The fourth-order valence-electron chi connectivity index (χ4n) is 2.08. The molecule has 1 N–H and O–H groups in total. The molecule has 0 unspecified atom stereocenters. The van der Waals surface area contributed by atoms with Gasteiger partial charge in [-0.3, -0.25) is 9.97 Å². The summed E-state index contributed by atoms with van der Waals surface area (Å²) >= 11 is 3.56. The molecule has 21 heavy (non-hydrogen) atoms. The Bertz CT molecular complexity index is 776. The molecule has 0 aliphatic carbocycles. The quantitative estimate of drug-likeness (QED) is 0.777. The van der Waals surface area contributed by atoms with Crippen LogP contribution in [0.25, 0.3) is 11.0 Å². The van der Waals surface area contributed by atoms with Crippen molar-refractivity contribution in [1.82, 2.24) is 9.97 Å². The minimum absolute atomic E-state index is 0.698. The van der Waals surface area contributed by atoms with Crippen molar-refractivity contribution in [3.05, 3.63) is 58.8 Å². The predicted molar refractivity (Wildman–Crippen MR) is 87.6 cm³/mol. The Balaban J connectivity index is 1.80. The van der Waals surface area contributed by atoms with Crippen molar-refractivity contribution in [2.75, 3.05) is 12.4 Å². The van der Waals surface area contributed by atoms with E-state index < -0.39 is 0 Å². The van der Waals surface area contributed by atoms with Crippen molar-refractivity contribution in [2.24, 2.45) is 0 Å².